The van der Waals surface area contributed by atoms with Gasteiger partial charge in [-0.15, -0.1) is 10.2 Å². The number of rotatable bonds is 3. The van der Waals surface area contributed by atoms with Gasteiger partial charge in [0.25, 0.3) is 0 Å². The van der Waals surface area contributed by atoms with Crippen molar-refractivity contribution in [3.05, 3.63) is 36.4 Å². The molecule has 1 N–H and O–H groups in total. The maximum absolute atomic E-state index is 4.67. The Morgan fingerprint density at radius 3 is 2.64 bits per heavy atom. The van der Waals surface area contributed by atoms with Crippen molar-refractivity contribution in [2.24, 2.45) is 0 Å². The minimum absolute atomic E-state index is 0.541. The number of H-pyrrole nitrogens is 1. The molecule has 1 saturated carbocycles. The Morgan fingerprint density at radius 2 is 1.91 bits per heavy atom. The molecule has 4 aromatic rings. The zero-order chi connectivity index (χ0) is 14.5. The maximum Gasteiger partial charge on any atom is 0.234 e. The molecule has 0 atom stereocenters. The highest BCUT2D eigenvalue weighted by Crippen LogP contribution is 2.39. The van der Waals surface area contributed by atoms with Crippen LogP contribution in [0, 0.1) is 0 Å². The number of aromatic nitrogens is 7. The molecule has 8 heteroatoms. The third-order valence-corrected chi connectivity index (χ3v) is 4.73. The Bertz CT molecular complexity index is 932. The van der Waals surface area contributed by atoms with Crippen molar-refractivity contribution in [2.45, 2.75) is 18.8 Å². The fourth-order valence-corrected chi connectivity index (χ4v) is 3.31. The van der Waals surface area contributed by atoms with Crippen molar-refractivity contribution in [1.82, 2.24) is 35.0 Å². The molecule has 1 aromatic carbocycles. The van der Waals surface area contributed by atoms with E-state index in [0.29, 0.717) is 5.92 Å². The lowest BCUT2D eigenvalue weighted by Crippen LogP contribution is -1.93. The van der Waals surface area contributed by atoms with E-state index in [1.54, 1.807) is 11.3 Å². The first-order chi connectivity index (χ1) is 10.9. The van der Waals surface area contributed by atoms with E-state index in [4.69, 9.17) is 0 Å². The fourth-order valence-electron chi connectivity index (χ4n) is 2.46. The van der Waals surface area contributed by atoms with Crippen molar-refractivity contribution in [3.8, 4) is 22.0 Å². The van der Waals surface area contributed by atoms with Crippen molar-refractivity contribution in [1.29, 1.82) is 0 Å². The lowest BCUT2D eigenvalue weighted by Gasteiger charge is -1.98. The zero-order valence-corrected chi connectivity index (χ0v) is 12.3. The second-order valence-electron chi connectivity index (χ2n) is 5.35. The molecule has 7 nitrogen and oxygen atoms in total. The molecule has 5 rings (SSSR count). The van der Waals surface area contributed by atoms with E-state index >= 15 is 0 Å². The Morgan fingerprint density at radius 1 is 1.09 bits per heavy atom. The molecule has 108 valence electrons. The molecule has 0 unspecified atom stereocenters. The van der Waals surface area contributed by atoms with Crippen molar-refractivity contribution < 1.29 is 0 Å². The summed E-state index contributed by atoms with van der Waals surface area (Å²) in [5, 5.41) is 20.8. The first-order valence-electron chi connectivity index (χ1n) is 7.07. The molecule has 0 spiro atoms. The third-order valence-electron chi connectivity index (χ3n) is 3.78. The molecular weight excluding hydrogens is 298 g/mol. The molecule has 1 aliphatic carbocycles. The summed E-state index contributed by atoms with van der Waals surface area (Å²) in [5.74, 6) is 2.30. The highest BCUT2D eigenvalue weighted by Gasteiger charge is 2.30. The quantitative estimate of drug-likeness (QED) is 0.628. The zero-order valence-electron chi connectivity index (χ0n) is 11.5. The molecule has 0 aliphatic heterocycles. The molecule has 0 radical (unpaired) electrons. The molecular formula is C14H11N7S. The maximum atomic E-state index is 4.67. The van der Waals surface area contributed by atoms with Crippen LogP contribution in [0.15, 0.2) is 30.6 Å². The smallest absolute Gasteiger partial charge is 0.234 e. The normalized spacial score (nSPS) is 14.7. The van der Waals surface area contributed by atoms with Gasteiger partial charge in [-0.2, -0.15) is 14.7 Å². The monoisotopic (exact) mass is 309 g/mol. The molecule has 1 fully saturated rings. The lowest BCUT2D eigenvalue weighted by molar-refractivity contribution is 0.828. The topological polar surface area (TPSA) is 84.7 Å². The van der Waals surface area contributed by atoms with Gasteiger partial charge in [-0.25, -0.2) is 4.98 Å². The highest BCUT2D eigenvalue weighted by molar-refractivity contribution is 7.19. The van der Waals surface area contributed by atoms with Gasteiger partial charge >= 0.3 is 0 Å². The Balaban J connectivity index is 1.53. The van der Waals surface area contributed by atoms with Crippen LogP contribution in [0.2, 0.25) is 0 Å². The summed E-state index contributed by atoms with van der Waals surface area (Å²) < 4.78 is 1.89. The Hall–Kier alpha value is -2.61. The molecule has 1 aliphatic rings. The van der Waals surface area contributed by atoms with Gasteiger partial charge in [0.15, 0.2) is 11.6 Å². The minimum atomic E-state index is 0.541. The number of hydrogen-bond donors (Lipinski definition) is 1. The molecule has 0 bridgehead atoms. The standard InChI is InChI=1S/C14H11N7S/c1-5-10(6-2-8(1)11-15-7-16-17-11)13-20-21-12(9-3-4-9)18-19-14(21)22-13/h1-2,5-7,9H,3-4H2,(H,15,16,17). The van der Waals surface area contributed by atoms with Gasteiger partial charge in [-0.05, 0) is 12.8 Å². The van der Waals surface area contributed by atoms with Crippen LogP contribution < -0.4 is 0 Å². The summed E-state index contributed by atoms with van der Waals surface area (Å²) >= 11 is 1.56. The SMILES string of the molecule is c1n[nH]c(-c2ccc(-c3nn4c(C5CC5)nnc4s3)cc2)n1. The molecule has 3 heterocycles. The summed E-state index contributed by atoms with van der Waals surface area (Å²) in [7, 11) is 0. The summed E-state index contributed by atoms with van der Waals surface area (Å²) in [6, 6.07) is 8.11. The highest BCUT2D eigenvalue weighted by atomic mass is 32.1. The van der Waals surface area contributed by atoms with Crippen LogP contribution in [0.5, 0.6) is 0 Å². The van der Waals surface area contributed by atoms with Crippen LogP contribution in [0.25, 0.3) is 26.9 Å². The lowest BCUT2D eigenvalue weighted by atomic mass is 10.1. The number of hydrogen-bond acceptors (Lipinski definition) is 6. The molecule has 3 aromatic heterocycles. The van der Waals surface area contributed by atoms with Gasteiger partial charge in [-0.3, -0.25) is 5.10 Å². The van der Waals surface area contributed by atoms with Gasteiger partial charge in [0.05, 0.1) is 0 Å². The van der Waals surface area contributed by atoms with Crippen molar-refractivity contribution in [3.63, 3.8) is 0 Å². The van der Waals surface area contributed by atoms with Crippen LogP contribution in [-0.4, -0.2) is 35.0 Å². The van der Waals surface area contributed by atoms with Gasteiger partial charge in [0, 0.05) is 17.0 Å². The Kier molecular flexibility index (Phi) is 2.42. The van der Waals surface area contributed by atoms with Crippen LogP contribution in [0.4, 0.5) is 0 Å². The predicted octanol–water partition coefficient (Wildman–Crippen LogP) is 2.52. The van der Waals surface area contributed by atoms with E-state index in [2.05, 4.69) is 30.5 Å². The minimum Gasteiger partial charge on any atom is -0.259 e. The average Bonchev–Trinajstić information content (AvgIpc) is 2.98. The van der Waals surface area contributed by atoms with Gasteiger partial charge < -0.3 is 0 Å². The number of fused-ring (bicyclic) bond motifs is 1. The fraction of sp³-hybridized carbons (Fsp3) is 0.214. The van der Waals surface area contributed by atoms with Gasteiger partial charge in [0.2, 0.25) is 4.96 Å². The predicted molar refractivity (Wildman–Crippen MR) is 81.4 cm³/mol. The largest absolute Gasteiger partial charge is 0.259 e. The van der Waals surface area contributed by atoms with Crippen molar-refractivity contribution >= 4 is 16.3 Å². The summed E-state index contributed by atoms with van der Waals surface area (Å²) in [6.45, 7) is 0. The van der Waals surface area contributed by atoms with Crippen LogP contribution in [0.1, 0.15) is 24.6 Å². The molecule has 0 saturated heterocycles. The van der Waals surface area contributed by atoms with E-state index in [9.17, 15) is 0 Å². The number of nitrogens with zero attached hydrogens (tertiary/aromatic N) is 6. The molecule has 22 heavy (non-hydrogen) atoms. The van der Waals surface area contributed by atoms with E-state index in [0.717, 1.165) is 32.7 Å². The van der Waals surface area contributed by atoms with Gasteiger partial charge in [0.1, 0.15) is 11.3 Å². The number of aromatic amines is 1. The van der Waals surface area contributed by atoms with Crippen molar-refractivity contribution in [2.75, 3.05) is 0 Å². The summed E-state index contributed by atoms with van der Waals surface area (Å²) in [6.07, 6.45) is 3.89. The Labute approximate surface area is 129 Å². The van der Waals surface area contributed by atoms with E-state index in [1.165, 1.54) is 19.2 Å². The van der Waals surface area contributed by atoms with E-state index < -0.39 is 0 Å². The van der Waals surface area contributed by atoms with E-state index in [1.807, 2.05) is 28.8 Å². The first kappa shape index (κ1) is 12.0. The van der Waals surface area contributed by atoms with Crippen LogP contribution >= 0.6 is 11.3 Å². The second-order valence-corrected chi connectivity index (χ2v) is 6.30. The van der Waals surface area contributed by atoms with Crippen LogP contribution in [0.3, 0.4) is 0 Å². The van der Waals surface area contributed by atoms with E-state index in [-0.39, 0.29) is 0 Å². The number of nitrogens with one attached hydrogen (secondary N) is 1. The number of benzene rings is 1. The summed E-state index contributed by atoms with van der Waals surface area (Å²) in [4.78, 5) is 5.01. The first-order valence-corrected chi connectivity index (χ1v) is 7.88. The van der Waals surface area contributed by atoms with Gasteiger partial charge in [-0.1, -0.05) is 35.6 Å². The molecule has 0 amide bonds. The summed E-state index contributed by atoms with van der Waals surface area (Å²) in [5.41, 5.74) is 2.07. The van der Waals surface area contributed by atoms with Crippen LogP contribution in [-0.2, 0) is 0 Å². The average molecular weight is 309 g/mol. The third kappa shape index (κ3) is 1.84. The second kappa shape index (κ2) is 4.44.